The Bertz CT molecular complexity index is 786. The van der Waals surface area contributed by atoms with Gasteiger partial charge in [-0.05, 0) is 25.0 Å². The van der Waals surface area contributed by atoms with Gasteiger partial charge in [0.05, 0.1) is 30.5 Å². The van der Waals surface area contributed by atoms with Gasteiger partial charge in [-0.25, -0.2) is 4.68 Å². The Labute approximate surface area is 141 Å². The summed E-state index contributed by atoms with van der Waals surface area (Å²) in [5, 5.41) is 3.02. The summed E-state index contributed by atoms with van der Waals surface area (Å²) in [7, 11) is 1.33. The lowest BCUT2D eigenvalue weighted by atomic mass is 10.1. The molecule has 0 aliphatic heterocycles. The van der Waals surface area contributed by atoms with Crippen LogP contribution in [0.15, 0.2) is 40.1 Å². The van der Waals surface area contributed by atoms with Crippen LogP contribution in [0.4, 0.5) is 0 Å². The second kappa shape index (κ2) is 7.77. The van der Waals surface area contributed by atoms with E-state index in [1.807, 2.05) is 30.3 Å². The number of carbonyl (C=O) groups is 1. The minimum atomic E-state index is -0.408. The molecule has 2 aromatic rings. The van der Waals surface area contributed by atoms with Gasteiger partial charge in [0, 0.05) is 12.3 Å². The number of hydrogen-bond acceptors (Lipinski definition) is 4. The summed E-state index contributed by atoms with van der Waals surface area (Å²) in [6.07, 6.45) is -0.00452. The lowest BCUT2D eigenvalue weighted by molar-refractivity contribution is -0.139. The zero-order valence-corrected chi connectivity index (χ0v) is 14.5. The highest BCUT2D eigenvalue weighted by atomic mass is 16.5. The first-order chi connectivity index (χ1) is 11.4. The third kappa shape index (κ3) is 4.01. The lowest BCUT2D eigenvalue weighted by Crippen LogP contribution is -2.20. The largest absolute Gasteiger partial charge is 0.469 e. The topological polar surface area (TPSA) is 76.5 Å². The molecule has 0 fully saturated rings. The maximum absolute atomic E-state index is 12.8. The number of aliphatic imine (C=N–C) groups is 1. The molecule has 0 bridgehead atoms. The fourth-order valence-corrected chi connectivity index (χ4v) is 2.36. The molecule has 0 saturated carbocycles. The van der Waals surface area contributed by atoms with E-state index in [-0.39, 0.29) is 12.0 Å². The predicted octanol–water partition coefficient (Wildman–Crippen LogP) is 2.35. The summed E-state index contributed by atoms with van der Waals surface area (Å²) < 4.78 is 6.16. The molecule has 0 atom stereocenters. The minimum Gasteiger partial charge on any atom is -0.469 e. The van der Waals surface area contributed by atoms with Crippen molar-refractivity contribution in [2.75, 3.05) is 13.7 Å². The second-order valence-electron chi connectivity index (χ2n) is 6.01. The molecule has 0 amide bonds. The molecule has 0 unspecified atom stereocenters. The number of nitrogens with one attached hydrogen (secondary N) is 1. The third-order valence-electron chi connectivity index (χ3n) is 3.58. The van der Waals surface area contributed by atoms with Gasteiger partial charge in [-0.15, -0.1) is 0 Å². The number of para-hydroxylation sites is 1. The molecule has 1 N–H and O–H groups in total. The van der Waals surface area contributed by atoms with Crippen LogP contribution in [0.2, 0.25) is 0 Å². The molecular weight excluding hydrogens is 306 g/mol. The second-order valence-corrected chi connectivity index (χ2v) is 6.01. The number of carbonyl (C=O) groups excluding carboxylic acids is 1. The number of benzene rings is 1. The van der Waals surface area contributed by atoms with Crippen LogP contribution in [0.25, 0.3) is 5.69 Å². The van der Waals surface area contributed by atoms with Gasteiger partial charge in [0.25, 0.3) is 5.56 Å². The quantitative estimate of drug-likeness (QED) is 0.653. The zero-order chi connectivity index (χ0) is 17.7. The molecule has 2 rings (SSSR count). The molecule has 1 heterocycles. The maximum atomic E-state index is 12.8. The highest BCUT2D eigenvalue weighted by Gasteiger charge is 2.20. The number of aromatic amines is 1. The van der Waals surface area contributed by atoms with Crippen LogP contribution >= 0.6 is 0 Å². The van der Waals surface area contributed by atoms with Crippen LogP contribution in [0.3, 0.4) is 0 Å². The van der Waals surface area contributed by atoms with Gasteiger partial charge in [0.15, 0.2) is 0 Å². The van der Waals surface area contributed by atoms with E-state index in [0.717, 1.165) is 0 Å². The summed E-state index contributed by atoms with van der Waals surface area (Å²) in [5.74, 6) is -0.0198. The van der Waals surface area contributed by atoms with Gasteiger partial charge in [-0.3, -0.25) is 19.7 Å². The first kappa shape index (κ1) is 17.7. The van der Waals surface area contributed by atoms with Crippen LogP contribution in [-0.4, -0.2) is 35.1 Å². The van der Waals surface area contributed by atoms with E-state index in [1.165, 1.54) is 11.8 Å². The van der Waals surface area contributed by atoms with Crippen LogP contribution in [0.5, 0.6) is 0 Å². The van der Waals surface area contributed by atoms with Crippen molar-refractivity contribution in [3.63, 3.8) is 0 Å². The van der Waals surface area contributed by atoms with Crippen molar-refractivity contribution in [2.45, 2.75) is 27.2 Å². The highest BCUT2D eigenvalue weighted by molar-refractivity contribution is 6.00. The van der Waals surface area contributed by atoms with Crippen molar-refractivity contribution in [2.24, 2.45) is 10.9 Å². The molecule has 0 spiro atoms. The minimum absolute atomic E-state index is 0.00452. The van der Waals surface area contributed by atoms with E-state index < -0.39 is 5.97 Å². The number of esters is 1. The Morgan fingerprint density at radius 2 is 1.96 bits per heavy atom. The Hall–Kier alpha value is -2.63. The van der Waals surface area contributed by atoms with Gasteiger partial charge >= 0.3 is 5.97 Å². The van der Waals surface area contributed by atoms with E-state index >= 15 is 0 Å². The van der Waals surface area contributed by atoms with Crippen LogP contribution < -0.4 is 5.56 Å². The number of methoxy groups -OCH3 is 1. The number of hydrogen-bond donors (Lipinski definition) is 1. The van der Waals surface area contributed by atoms with Crippen molar-refractivity contribution in [3.05, 3.63) is 51.9 Å². The highest BCUT2D eigenvalue weighted by Crippen LogP contribution is 2.11. The SMILES string of the molecule is COC(=O)Cc1[nH]n(-c2ccccc2)c(=O)c1C(C)=NCC(C)C. The normalized spacial score (nSPS) is 11.8. The van der Waals surface area contributed by atoms with Crippen LogP contribution in [0.1, 0.15) is 32.0 Å². The van der Waals surface area contributed by atoms with Gasteiger partial charge < -0.3 is 4.74 Å². The van der Waals surface area contributed by atoms with E-state index in [1.54, 1.807) is 6.92 Å². The van der Waals surface area contributed by atoms with Gasteiger partial charge in [-0.1, -0.05) is 32.0 Å². The molecule has 6 nitrogen and oxygen atoms in total. The first-order valence-electron chi connectivity index (χ1n) is 7.91. The van der Waals surface area contributed by atoms with E-state index in [9.17, 15) is 9.59 Å². The molecule has 128 valence electrons. The fourth-order valence-electron chi connectivity index (χ4n) is 2.36. The number of rotatable bonds is 6. The third-order valence-corrected chi connectivity index (χ3v) is 3.58. The van der Waals surface area contributed by atoms with Gasteiger partial charge in [-0.2, -0.15) is 0 Å². The smallest absolute Gasteiger partial charge is 0.311 e. The molecule has 0 radical (unpaired) electrons. The molecule has 0 saturated heterocycles. The summed E-state index contributed by atoms with van der Waals surface area (Å²) >= 11 is 0. The number of aromatic nitrogens is 2. The predicted molar refractivity (Wildman–Crippen MR) is 94.0 cm³/mol. The average molecular weight is 329 g/mol. The molecule has 1 aromatic carbocycles. The molecule has 0 aliphatic rings. The van der Waals surface area contributed by atoms with Gasteiger partial charge in [0.2, 0.25) is 0 Å². The number of ether oxygens (including phenoxy) is 1. The summed E-state index contributed by atoms with van der Waals surface area (Å²) in [6.45, 7) is 6.54. The Balaban J connectivity index is 2.54. The Morgan fingerprint density at radius 1 is 1.29 bits per heavy atom. The molecule has 6 heteroatoms. The number of H-pyrrole nitrogens is 1. The molecule has 1 aromatic heterocycles. The standard InChI is InChI=1S/C18H23N3O3/c1-12(2)11-19-13(3)17-15(10-16(22)24-4)20-21(18(17)23)14-8-6-5-7-9-14/h5-9,12,20H,10-11H2,1-4H3. The van der Waals surface area contributed by atoms with Crippen LogP contribution in [0, 0.1) is 5.92 Å². The summed E-state index contributed by atoms with van der Waals surface area (Å²) in [5.41, 5.74) is 2.06. The first-order valence-corrected chi connectivity index (χ1v) is 7.91. The Morgan fingerprint density at radius 3 is 2.54 bits per heavy atom. The van der Waals surface area contributed by atoms with Crippen LogP contribution in [-0.2, 0) is 16.0 Å². The molecule has 24 heavy (non-hydrogen) atoms. The van der Waals surface area contributed by atoms with E-state index in [4.69, 9.17) is 4.74 Å². The van der Waals surface area contributed by atoms with Crippen molar-refractivity contribution in [1.29, 1.82) is 0 Å². The molecular formula is C18H23N3O3. The summed E-state index contributed by atoms with van der Waals surface area (Å²) in [6, 6.07) is 9.22. The van der Waals surface area contributed by atoms with E-state index in [2.05, 4.69) is 23.9 Å². The maximum Gasteiger partial charge on any atom is 0.311 e. The van der Waals surface area contributed by atoms with Crippen molar-refractivity contribution in [1.82, 2.24) is 9.78 Å². The van der Waals surface area contributed by atoms with Crippen molar-refractivity contribution < 1.29 is 9.53 Å². The number of nitrogens with zero attached hydrogens (tertiary/aromatic N) is 2. The zero-order valence-electron chi connectivity index (χ0n) is 14.5. The van der Waals surface area contributed by atoms with Gasteiger partial charge in [0.1, 0.15) is 0 Å². The summed E-state index contributed by atoms with van der Waals surface area (Å²) in [4.78, 5) is 29.0. The van der Waals surface area contributed by atoms with E-state index in [0.29, 0.717) is 35.1 Å². The fraction of sp³-hybridized carbons (Fsp3) is 0.389. The van der Waals surface area contributed by atoms with Crippen molar-refractivity contribution >= 4 is 11.7 Å². The monoisotopic (exact) mass is 329 g/mol. The Kier molecular flexibility index (Phi) is 5.73. The average Bonchev–Trinajstić information content (AvgIpc) is 2.89. The van der Waals surface area contributed by atoms with Crippen molar-refractivity contribution in [3.8, 4) is 5.69 Å². The molecule has 0 aliphatic carbocycles. The lowest BCUT2D eigenvalue weighted by Gasteiger charge is -2.03.